The number of carbonyl (C=O) groups excluding carboxylic acids is 1. The maximum atomic E-state index is 12.0. The average Bonchev–Trinajstić information content (AvgIpc) is 2.59. The number of amides is 1. The van der Waals surface area contributed by atoms with E-state index >= 15 is 0 Å². The summed E-state index contributed by atoms with van der Waals surface area (Å²) in [5.41, 5.74) is 1.15. The van der Waals surface area contributed by atoms with Crippen molar-refractivity contribution in [2.45, 2.75) is 11.4 Å². The van der Waals surface area contributed by atoms with Crippen LogP contribution in [0.1, 0.15) is 5.56 Å². The smallest absolute Gasteiger partial charge is 0.230 e. The quantitative estimate of drug-likeness (QED) is 0.714. The Balaban J connectivity index is 1.58. The van der Waals surface area contributed by atoms with Gasteiger partial charge in [-0.25, -0.2) is 0 Å². The minimum atomic E-state index is 0.0572. The van der Waals surface area contributed by atoms with Crippen molar-refractivity contribution in [3.05, 3.63) is 78.4 Å². The zero-order valence-corrected chi connectivity index (χ0v) is 13.0. The van der Waals surface area contributed by atoms with Gasteiger partial charge in [-0.15, -0.1) is 11.8 Å². The molecule has 0 saturated carbocycles. The molecule has 0 aliphatic heterocycles. The van der Waals surface area contributed by atoms with Gasteiger partial charge in [0.15, 0.2) is 0 Å². The van der Waals surface area contributed by atoms with Crippen LogP contribution >= 0.6 is 11.8 Å². The maximum absolute atomic E-state index is 12.0. The van der Waals surface area contributed by atoms with Crippen LogP contribution in [0, 0.1) is 0 Å². The maximum Gasteiger partial charge on any atom is 0.230 e. The Morgan fingerprint density at radius 1 is 0.864 bits per heavy atom. The van der Waals surface area contributed by atoms with E-state index in [2.05, 4.69) is 29.6 Å². The second-order valence-electron chi connectivity index (χ2n) is 5.02. The standard InChI is InChI=1S/C19H17NOS/c21-19(14-22-17-10-2-1-3-11-17)20-13-16-9-6-8-15-7-4-5-12-18(15)16/h1-12H,13-14H2,(H,20,21). The van der Waals surface area contributed by atoms with Gasteiger partial charge in [-0.05, 0) is 28.5 Å². The molecule has 3 rings (SSSR count). The first-order valence-corrected chi connectivity index (χ1v) is 8.23. The fraction of sp³-hybridized carbons (Fsp3) is 0.105. The van der Waals surface area contributed by atoms with Crippen LogP contribution in [0.2, 0.25) is 0 Å². The van der Waals surface area contributed by atoms with Crippen molar-refractivity contribution in [2.75, 3.05) is 5.75 Å². The van der Waals surface area contributed by atoms with E-state index in [-0.39, 0.29) is 5.91 Å². The molecular weight excluding hydrogens is 290 g/mol. The van der Waals surface area contributed by atoms with Gasteiger partial charge in [-0.2, -0.15) is 0 Å². The van der Waals surface area contributed by atoms with Gasteiger partial charge in [0.2, 0.25) is 5.91 Å². The molecular formula is C19H17NOS. The van der Waals surface area contributed by atoms with Crippen LogP contribution in [0.5, 0.6) is 0 Å². The Morgan fingerprint density at radius 3 is 2.45 bits per heavy atom. The zero-order valence-electron chi connectivity index (χ0n) is 12.2. The van der Waals surface area contributed by atoms with Crippen molar-refractivity contribution in [1.82, 2.24) is 5.32 Å². The Labute approximate surface area is 134 Å². The van der Waals surface area contributed by atoms with Gasteiger partial charge in [-0.3, -0.25) is 4.79 Å². The third kappa shape index (κ3) is 3.68. The molecule has 3 heteroatoms. The van der Waals surface area contributed by atoms with E-state index in [1.807, 2.05) is 48.5 Å². The molecule has 0 spiro atoms. The molecule has 3 aromatic carbocycles. The first kappa shape index (κ1) is 14.7. The fourth-order valence-corrected chi connectivity index (χ4v) is 3.11. The van der Waals surface area contributed by atoms with Crippen molar-refractivity contribution in [1.29, 1.82) is 0 Å². The topological polar surface area (TPSA) is 29.1 Å². The largest absolute Gasteiger partial charge is 0.351 e. The highest BCUT2D eigenvalue weighted by Crippen LogP contribution is 2.19. The summed E-state index contributed by atoms with van der Waals surface area (Å²) in [6.45, 7) is 0.565. The molecule has 110 valence electrons. The average molecular weight is 307 g/mol. The van der Waals surface area contributed by atoms with Crippen molar-refractivity contribution in [3.8, 4) is 0 Å². The van der Waals surface area contributed by atoms with Gasteiger partial charge in [0.25, 0.3) is 0 Å². The van der Waals surface area contributed by atoms with E-state index in [1.54, 1.807) is 11.8 Å². The van der Waals surface area contributed by atoms with Gasteiger partial charge in [-0.1, -0.05) is 60.7 Å². The molecule has 2 nitrogen and oxygen atoms in total. The monoisotopic (exact) mass is 307 g/mol. The molecule has 1 N–H and O–H groups in total. The summed E-state index contributed by atoms with van der Waals surface area (Å²) in [4.78, 5) is 13.1. The lowest BCUT2D eigenvalue weighted by Gasteiger charge is -2.08. The third-order valence-electron chi connectivity index (χ3n) is 3.47. The highest BCUT2D eigenvalue weighted by Gasteiger charge is 2.04. The zero-order chi connectivity index (χ0) is 15.2. The number of rotatable bonds is 5. The van der Waals surface area contributed by atoms with E-state index in [0.29, 0.717) is 12.3 Å². The van der Waals surface area contributed by atoms with Gasteiger partial charge in [0.1, 0.15) is 0 Å². The first-order valence-electron chi connectivity index (χ1n) is 7.24. The minimum Gasteiger partial charge on any atom is -0.351 e. The molecule has 22 heavy (non-hydrogen) atoms. The van der Waals surface area contributed by atoms with Crippen molar-refractivity contribution in [2.24, 2.45) is 0 Å². The van der Waals surface area contributed by atoms with Crippen molar-refractivity contribution in [3.63, 3.8) is 0 Å². The van der Waals surface area contributed by atoms with Crippen LogP contribution in [0.15, 0.2) is 77.7 Å². The molecule has 3 aromatic rings. The fourth-order valence-electron chi connectivity index (χ4n) is 2.36. The summed E-state index contributed by atoms with van der Waals surface area (Å²) in [5.74, 6) is 0.496. The van der Waals surface area contributed by atoms with Crippen LogP contribution in [0.4, 0.5) is 0 Å². The summed E-state index contributed by atoms with van der Waals surface area (Å²) in [5, 5.41) is 5.40. The van der Waals surface area contributed by atoms with Gasteiger partial charge >= 0.3 is 0 Å². The summed E-state index contributed by atoms with van der Waals surface area (Å²) in [7, 11) is 0. The van der Waals surface area contributed by atoms with E-state index in [0.717, 1.165) is 10.5 Å². The lowest BCUT2D eigenvalue weighted by molar-refractivity contribution is -0.118. The van der Waals surface area contributed by atoms with Crippen LogP contribution in [0.3, 0.4) is 0 Å². The van der Waals surface area contributed by atoms with E-state index in [1.165, 1.54) is 10.8 Å². The number of fused-ring (bicyclic) bond motifs is 1. The summed E-state index contributed by atoms with van der Waals surface area (Å²) in [6, 6.07) is 24.4. The number of hydrogen-bond acceptors (Lipinski definition) is 2. The minimum absolute atomic E-state index is 0.0572. The molecule has 0 fully saturated rings. The molecule has 0 radical (unpaired) electrons. The third-order valence-corrected chi connectivity index (χ3v) is 4.48. The molecule has 0 aromatic heterocycles. The van der Waals surface area contributed by atoms with Gasteiger partial charge in [0, 0.05) is 11.4 Å². The predicted octanol–water partition coefficient (Wildman–Crippen LogP) is 4.25. The lowest BCUT2D eigenvalue weighted by Crippen LogP contribution is -2.24. The highest BCUT2D eigenvalue weighted by molar-refractivity contribution is 8.00. The van der Waals surface area contributed by atoms with Crippen molar-refractivity contribution < 1.29 is 4.79 Å². The molecule has 0 saturated heterocycles. The number of hydrogen-bond donors (Lipinski definition) is 1. The normalized spacial score (nSPS) is 10.5. The highest BCUT2D eigenvalue weighted by atomic mass is 32.2. The van der Waals surface area contributed by atoms with Crippen LogP contribution in [-0.4, -0.2) is 11.7 Å². The molecule has 0 unspecified atom stereocenters. The number of nitrogens with one attached hydrogen (secondary N) is 1. The Morgan fingerprint density at radius 2 is 1.59 bits per heavy atom. The summed E-state index contributed by atoms with van der Waals surface area (Å²) >= 11 is 1.56. The molecule has 0 bridgehead atoms. The molecule has 1 amide bonds. The lowest BCUT2D eigenvalue weighted by atomic mass is 10.0. The Bertz CT molecular complexity index is 765. The van der Waals surface area contributed by atoms with Crippen molar-refractivity contribution >= 4 is 28.4 Å². The Hall–Kier alpha value is -2.26. The number of benzene rings is 3. The second kappa shape index (κ2) is 7.14. The molecule has 0 atom stereocenters. The van der Waals surface area contributed by atoms with Crippen LogP contribution < -0.4 is 5.32 Å². The SMILES string of the molecule is O=C(CSc1ccccc1)NCc1cccc2ccccc12. The number of carbonyl (C=O) groups is 1. The van der Waals surface area contributed by atoms with Gasteiger partial charge < -0.3 is 5.32 Å². The summed E-state index contributed by atoms with van der Waals surface area (Å²) in [6.07, 6.45) is 0. The van der Waals surface area contributed by atoms with Crippen LogP contribution in [-0.2, 0) is 11.3 Å². The second-order valence-corrected chi connectivity index (χ2v) is 6.07. The van der Waals surface area contributed by atoms with Crippen LogP contribution in [0.25, 0.3) is 10.8 Å². The summed E-state index contributed by atoms with van der Waals surface area (Å²) < 4.78 is 0. The van der Waals surface area contributed by atoms with E-state index in [4.69, 9.17) is 0 Å². The molecule has 0 aliphatic rings. The molecule has 0 heterocycles. The van der Waals surface area contributed by atoms with E-state index < -0.39 is 0 Å². The Kier molecular flexibility index (Phi) is 4.76. The van der Waals surface area contributed by atoms with Gasteiger partial charge in [0.05, 0.1) is 5.75 Å². The predicted molar refractivity (Wildman–Crippen MR) is 93.0 cm³/mol. The first-order chi connectivity index (χ1) is 10.8. The number of thioether (sulfide) groups is 1. The molecule has 0 aliphatic carbocycles. The van der Waals surface area contributed by atoms with E-state index in [9.17, 15) is 4.79 Å².